The Morgan fingerprint density at radius 1 is 0.781 bits per heavy atom. The molecule has 0 radical (unpaired) electrons. The maximum absolute atomic E-state index is 10.2. The van der Waals surface area contributed by atoms with Crippen LogP contribution in [0.4, 0.5) is 0 Å². The average molecular weight is 434 g/mol. The number of benzene rings is 3. The van der Waals surface area contributed by atoms with E-state index < -0.39 is 11.8 Å². The van der Waals surface area contributed by atoms with Crippen LogP contribution >= 0.6 is 0 Å². The summed E-state index contributed by atoms with van der Waals surface area (Å²) in [6, 6.07) is 26.5. The Morgan fingerprint density at radius 2 is 1.28 bits per heavy atom. The van der Waals surface area contributed by atoms with Crippen LogP contribution in [-0.4, -0.2) is 50.2 Å². The van der Waals surface area contributed by atoms with Crippen molar-refractivity contribution in [3.63, 3.8) is 0 Å². The molecule has 168 valence electrons. The summed E-state index contributed by atoms with van der Waals surface area (Å²) in [6.45, 7) is 0.487. The molecule has 1 heterocycles. The van der Waals surface area contributed by atoms with E-state index in [0.29, 0.717) is 6.61 Å². The molecule has 0 amide bonds. The molecule has 1 N–H and O–H groups in total. The minimum Gasteiger partial charge on any atom is -0.497 e. The normalized spacial score (nSPS) is 19.1. The number of hydrogen-bond acceptors (Lipinski definition) is 5. The number of nitrogens with zero attached hydrogens (tertiary/aromatic N) is 1. The first-order valence-electron chi connectivity index (χ1n) is 11.0. The van der Waals surface area contributed by atoms with Crippen LogP contribution in [0.15, 0.2) is 78.9 Å². The lowest BCUT2D eigenvalue weighted by atomic mass is 9.80. The first-order valence-corrected chi connectivity index (χ1v) is 11.0. The summed E-state index contributed by atoms with van der Waals surface area (Å²) in [7, 11) is 5.29. The second-order valence-corrected chi connectivity index (χ2v) is 8.19. The summed E-state index contributed by atoms with van der Waals surface area (Å²) in [5, 5.41) is 10.2. The van der Waals surface area contributed by atoms with E-state index in [2.05, 4.69) is 36.4 Å². The Balaban J connectivity index is 1.84. The highest BCUT2D eigenvalue weighted by atomic mass is 16.5. The molecule has 1 aliphatic rings. The van der Waals surface area contributed by atoms with Crippen molar-refractivity contribution < 1.29 is 19.3 Å². The van der Waals surface area contributed by atoms with Crippen LogP contribution in [0.3, 0.4) is 0 Å². The molecule has 1 saturated heterocycles. The molecule has 0 spiro atoms. The van der Waals surface area contributed by atoms with E-state index >= 15 is 0 Å². The largest absolute Gasteiger partial charge is 0.497 e. The van der Waals surface area contributed by atoms with Crippen LogP contribution in [0, 0.1) is 0 Å². The monoisotopic (exact) mass is 433 g/mol. The lowest BCUT2D eigenvalue weighted by Gasteiger charge is -2.37. The highest BCUT2D eigenvalue weighted by Gasteiger charge is 2.40. The Labute approximate surface area is 190 Å². The van der Waals surface area contributed by atoms with Crippen molar-refractivity contribution in [1.29, 1.82) is 0 Å². The molecule has 0 aliphatic carbocycles. The van der Waals surface area contributed by atoms with Gasteiger partial charge in [-0.1, -0.05) is 54.6 Å². The predicted molar refractivity (Wildman–Crippen MR) is 125 cm³/mol. The van der Waals surface area contributed by atoms with Crippen LogP contribution in [0.25, 0.3) is 0 Å². The summed E-state index contributed by atoms with van der Waals surface area (Å²) < 4.78 is 17.7. The van der Waals surface area contributed by atoms with Crippen molar-refractivity contribution in [2.75, 3.05) is 27.9 Å². The van der Waals surface area contributed by atoms with Gasteiger partial charge in [0.1, 0.15) is 23.3 Å². The van der Waals surface area contributed by atoms with Gasteiger partial charge in [-0.2, -0.15) is 0 Å². The third-order valence-electron chi connectivity index (χ3n) is 6.47. The van der Waals surface area contributed by atoms with Crippen molar-refractivity contribution in [2.45, 2.75) is 30.7 Å². The molecule has 0 saturated carbocycles. The van der Waals surface area contributed by atoms with Crippen LogP contribution in [0.2, 0.25) is 0 Å². The smallest absolute Gasteiger partial charge is 0.143 e. The van der Waals surface area contributed by atoms with Crippen molar-refractivity contribution in [3.8, 4) is 11.5 Å². The predicted octanol–water partition coefficient (Wildman–Crippen LogP) is 4.42. The van der Waals surface area contributed by atoms with E-state index in [9.17, 15) is 5.11 Å². The summed E-state index contributed by atoms with van der Waals surface area (Å²) in [4.78, 5) is 2.00. The van der Waals surface area contributed by atoms with Crippen molar-refractivity contribution in [1.82, 2.24) is 4.90 Å². The number of likely N-dealkylation sites (tertiary alicyclic amines) is 1. The fraction of sp³-hybridized carbons (Fsp3) is 0.333. The third kappa shape index (κ3) is 4.24. The number of hydrogen-bond donors (Lipinski definition) is 1. The molecular weight excluding hydrogens is 402 g/mol. The van der Waals surface area contributed by atoms with Gasteiger partial charge in [-0.25, -0.2) is 0 Å². The van der Waals surface area contributed by atoms with Gasteiger partial charge in [-0.15, -0.1) is 0 Å². The maximum atomic E-state index is 10.2. The molecule has 5 nitrogen and oxygen atoms in total. The summed E-state index contributed by atoms with van der Waals surface area (Å²) in [5.74, 6) is 1.59. The summed E-state index contributed by atoms with van der Waals surface area (Å²) in [5.41, 5.74) is 2.23. The summed E-state index contributed by atoms with van der Waals surface area (Å²) in [6.07, 6.45) is 1.23. The zero-order valence-corrected chi connectivity index (χ0v) is 18.9. The zero-order chi connectivity index (χ0) is 22.6. The van der Waals surface area contributed by atoms with E-state index in [1.807, 2.05) is 54.4 Å². The van der Waals surface area contributed by atoms with Gasteiger partial charge in [0.05, 0.1) is 20.8 Å². The van der Waals surface area contributed by atoms with E-state index in [0.717, 1.165) is 41.0 Å². The third-order valence-corrected chi connectivity index (χ3v) is 6.47. The number of rotatable bonds is 8. The highest BCUT2D eigenvalue weighted by Crippen LogP contribution is 2.42. The van der Waals surface area contributed by atoms with Crippen molar-refractivity contribution in [3.05, 3.63) is 95.6 Å². The molecule has 3 aromatic rings. The number of methoxy groups -OCH3 is 2. The number of aliphatic hydroxyl groups excluding tert-OH is 1. The summed E-state index contributed by atoms with van der Waals surface area (Å²) >= 11 is 0. The van der Waals surface area contributed by atoms with E-state index in [1.54, 1.807) is 14.2 Å². The lowest BCUT2D eigenvalue weighted by molar-refractivity contribution is -0.0358. The van der Waals surface area contributed by atoms with Gasteiger partial charge in [0, 0.05) is 6.04 Å². The Bertz CT molecular complexity index is 941. The zero-order valence-electron chi connectivity index (χ0n) is 18.9. The number of aliphatic hydroxyl groups is 1. The van der Waals surface area contributed by atoms with E-state index in [4.69, 9.17) is 14.2 Å². The molecule has 32 heavy (non-hydrogen) atoms. The molecule has 0 aromatic heterocycles. The van der Waals surface area contributed by atoms with Gasteiger partial charge in [-0.3, -0.25) is 4.90 Å². The standard InChI is InChI=1S/C27H31NO4/c1-28-23(13-18-26(28)29)19-32-27(20-7-5-4-6-8-20,21-9-14-24(30-2)15-10-21)22-11-16-25(31-3)17-12-22/h4-12,14-17,23,26,29H,13,18-19H2,1-3H3. The van der Waals surface area contributed by atoms with Gasteiger partial charge in [0.25, 0.3) is 0 Å². The molecule has 1 aliphatic heterocycles. The van der Waals surface area contributed by atoms with Gasteiger partial charge in [0.15, 0.2) is 0 Å². The van der Waals surface area contributed by atoms with E-state index in [-0.39, 0.29) is 6.04 Å². The molecule has 5 heteroatoms. The first-order chi connectivity index (χ1) is 15.6. The topological polar surface area (TPSA) is 51.2 Å². The lowest BCUT2D eigenvalue weighted by Crippen LogP contribution is -2.40. The second kappa shape index (κ2) is 9.74. The Hall–Kier alpha value is -2.86. The molecule has 1 fully saturated rings. The fourth-order valence-electron chi connectivity index (χ4n) is 4.49. The highest BCUT2D eigenvalue weighted by molar-refractivity contribution is 5.49. The molecule has 4 rings (SSSR count). The molecule has 2 unspecified atom stereocenters. The molecule has 2 atom stereocenters. The van der Waals surface area contributed by atoms with Gasteiger partial charge in [-0.05, 0) is 60.8 Å². The minimum atomic E-state index is -0.825. The quantitative estimate of drug-likeness (QED) is 0.533. The molecule has 0 bridgehead atoms. The van der Waals surface area contributed by atoms with Gasteiger partial charge < -0.3 is 19.3 Å². The van der Waals surface area contributed by atoms with Crippen LogP contribution in [0.1, 0.15) is 29.5 Å². The van der Waals surface area contributed by atoms with Crippen molar-refractivity contribution in [2.24, 2.45) is 0 Å². The fourth-order valence-corrected chi connectivity index (χ4v) is 4.49. The van der Waals surface area contributed by atoms with Crippen molar-refractivity contribution >= 4 is 0 Å². The second-order valence-electron chi connectivity index (χ2n) is 8.19. The van der Waals surface area contributed by atoms with E-state index in [1.165, 1.54) is 0 Å². The Kier molecular flexibility index (Phi) is 6.80. The average Bonchev–Trinajstić information content (AvgIpc) is 3.18. The van der Waals surface area contributed by atoms with Crippen LogP contribution < -0.4 is 9.47 Å². The number of likely N-dealkylation sites (N-methyl/N-ethyl adjacent to an activating group) is 1. The van der Waals surface area contributed by atoms with Crippen LogP contribution in [0.5, 0.6) is 11.5 Å². The molecule has 3 aromatic carbocycles. The first kappa shape index (κ1) is 22.3. The Morgan fingerprint density at radius 3 is 1.72 bits per heavy atom. The maximum Gasteiger partial charge on any atom is 0.143 e. The van der Waals surface area contributed by atoms with Gasteiger partial charge in [0.2, 0.25) is 0 Å². The molecular formula is C27H31NO4. The minimum absolute atomic E-state index is 0.143. The van der Waals surface area contributed by atoms with Gasteiger partial charge >= 0.3 is 0 Å². The number of ether oxygens (including phenoxy) is 3. The SMILES string of the molecule is COc1ccc(C(OCC2CCC(O)N2C)(c2ccccc2)c2ccc(OC)cc2)cc1. The van der Waals surface area contributed by atoms with Crippen LogP contribution in [-0.2, 0) is 10.3 Å².